The van der Waals surface area contributed by atoms with Crippen LogP contribution in [-0.4, -0.2) is 11.9 Å². The maximum atomic E-state index is 12.5. The Labute approximate surface area is 137 Å². The third-order valence-corrected chi connectivity index (χ3v) is 5.04. The smallest absolute Gasteiger partial charge is 0.251 e. The zero-order chi connectivity index (χ0) is 15.8. The van der Waals surface area contributed by atoms with Gasteiger partial charge >= 0.3 is 0 Å². The Bertz CT molecular complexity index is 789. The van der Waals surface area contributed by atoms with Crippen molar-refractivity contribution in [1.29, 1.82) is 0 Å². The van der Waals surface area contributed by atoms with Gasteiger partial charge in [0.1, 0.15) is 0 Å². The van der Waals surface area contributed by atoms with Crippen LogP contribution in [0.3, 0.4) is 0 Å². The standard InChI is InChI=1S/C21H21NO/c1-14-10-11-16-13-19-17(18(16)12-14)8-5-9-20(19)22-21(23)15-6-3-2-4-7-15/h2-4,6-7,10-12,20H,5,8-9,13H2,1H3,(H,22,23). The third kappa shape index (κ3) is 2.59. The second-order valence-electron chi connectivity index (χ2n) is 6.63. The summed E-state index contributed by atoms with van der Waals surface area (Å²) in [5.74, 6) is 0.0384. The number of rotatable bonds is 2. The predicted octanol–water partition coefficient (Wildman–Crippen LogP) is 4.29. The van der Waals surface area contributed by atoms with Gasteiger partial charge in [-0.15, -0.1) is 0 Å². The lowest BCUT2D eigenvalue weighted by molar-refractivity contribution is 0.0940. The molecule has 1 unspecified atom stereocenters. The fraction of sp³-hybridized carbons (Fsp3) is 0.286. The van der Waals surface area contributed by atoms with Gasteiger partial charge in [0.2, 0.25) is 0 Å². The number of aryl methyl sites for hydroxylation is 1. The summed E-state index contributed by atoms with van der Waals surface area (Å²) in [5.41, 5.74) is 7.80. The van der Waals surface area contributed by atoms with Gasteiger partial charge in [0, 0.05) is 5.56 Å². The van der Waals surface area contributed by atoms with Crippen molar-refractivity contribution in [3.05, 3.63) is 76.4 Å². The molecule has 0 aromatic heterocycles. The molecule has 0 radical (unpaired) electrons. The Balaban J connectivity index is 1.61. The molecule has 0 fully saturated rings. The quantitative estimate of drug-likeness (QED) is 0.881. The molecule has 0 spiro atoms. The Morgan fingerprint density at radius 2 is 1.96 bits per heavy atom. The van der Waals surface area contributed by atoms with Crippen LogP contribution in [0.4, 0.5) is 0 Å². The zero-order valence-electron chi connectivity index (χ0n) is 13.4. The first kappa shape index (κ1) is 14.3. The van der Waals surface area contributed by atoms with E-state index in [1.165, 1.54) is 27.8 Å². The maximum absolute atomic E-state index is 12.5. The Morgan fingerprint density at radius 1 is 1.13 bits per heavy atom. The molecule has 2 aliphatic rings. The van der Waals surface area contributed by atoms with Crippen LogP contribution in [0.15, 0.2) is 54.1 Å². The largest absolute Gasteiger partial charge is 0.346 e. The highest BCUT2D eigenvalue weighted by molar-refractivity contribution is 5.95. The molecule has 0 saturated carbocycles. The van der Waals surface area contributed by atoms with E-state index in [9.17, 15) is 4.79 Å². The van der Waals surface area contributed by atoms with Gasteiger partial charge in [-0.2, -0.15) is 0 Å². The molecule has 2 aromatic carbocycles. The molecule has 2 heteroatoms. The summed E-state index contributed by atoms with van der Waals surface area (Å²) in [6, 6.07) is 16.4. The molecule has 0 heterocycles. The van der Waals surface area contributed by atoms with E-state index in [4.69, 9.17) is 0 Å². The number of hydrogen-bond acceptors (Lipinski definition) is 1. The van der Waals surface area contributed by atoms with Crippen molar-refractivity contribution in [2.24, 2.45) is 0 Å². The molecule has 0 bridgehead atoms. The van der Waals surface area contributed by atoms with E-state index < -0.39 is 0 Å². The van der Waals surface area contributed by atoms with E-state index >= 15 is 0 Å². The van der Waals surface area contributed by atoms with Gasteiger partial charge < -0.3 is 5.32 Å². The lowest BCUT2D eigenvalue weighted by atomic mass is 9.87. The van der Waals surface area contributed by atoms with Crippen LogP contribution in [0, 0.1) is 6.92 Å². The number of nitrogens with one attached hydrogen (secondary N) is 1. The summed E-state index contributed by atoms with van der Waals surface area (Å²) in [6.07, 6.45) is 4.32. The highest BCUT2D eigenvalue weighted by atomic mass is 16.1. The Hall–Kier alpha value is -2.35. The van der Waals surface area contributed by atoms with Crippen LogP contribution in [0.2, 0.25) is 0 Å². The molecule has 2 aromatic rings. The average molecular weight is 303 g/mol. The fourth-order valence-electron chi connectivity index (χ4n) is 3.89. The number of allylic oxidation sites excluding steroid dienone is 1. The summed E-state index contributed by atoms with van der Waals surface area (Å²) in [6.45, 7) is 2.15. The lowest BCUT2D eigenvalue weighted by Gasteiger charge is -2.26. The first-order chi connectivity index (χ1) is 11.2. The van der Waals surface area contributed by atoms with E-state index in [2.05, 4.69) is 30.4 Å². The molecule has 4 rings (SSSR count). The normalized spacial score (nSPS) is 19.3. The van der Waals surface area contributed by atoms with Crippen molar-refractivity contribution in [2.45, 2.75) is 38.6 Å². The van der Waals surface area contributed by atoms with Crippen LogP contribution in [0.25, 0.3) is 5.57 Å². The molecule has 1 amide bonds. The minimum Gasteiger partial charge on any atom is -0.346 e. The van der Waals surface area contributed by atoms with E-state index in [0.29, 0.717) is 0 Å². The van der Waals surface area contributed by atoms with Crippen molar-refractivity contribution < 1.29 is 4.79 Å². The molecular weight excluding hydrogens is 282 g/mol. The molecule has 0 saturated heterocycles. The van der Waals surface area contributed by atoms with Gasteiger partial charge in [-0.1, -0.05) is 42.0 Å². The Kier molecular flexibility index (Phi) is 3.53. The number of carbonyl (C=O) groups excluding carboxylic acids is 1. The molecule has 1 atom stereocenters. The van der Waals surface area contributed by atoms with Crippen molar-refractivity contribution in [1.82, 2.24) is 5.32 Å². The van der Waals surface area contributed by atoms with Gasteiger partial charge in [-0.25, -0.2) is 0 Å². The summed E-state index contributed by atoms with van der Waals surface area (Å²) in [7, 11) is 0. The molecule has 1 N–H and O–H groups in total. The molecular formula is C21H21NO. The van der Waals surface area contributed by atoms with E-state index in [1.54, 1.807) is 0 Å². The van der Waals surface area contributed by atoms with Crippen LogP contribution >= 0.6 is 0 Å². The summed E-state index contributed by atoms with van der Waals surface area (Å²) in [4.78, 5) is 12.5. The monoisotopic (exact) mass is 303 g/mol. The highest BCUT2D eigenvalue weighted by Crippen LogP contribution is 2.41. The summed E-state index contributed by atoms with van der Waals surface area (Å²) in [5, 5.41) is 3.26. The third-order valence-electron chi connectivity index (χ3n) is 5.04. The minimum atomic E-state index is 0.0384. The van der Waals surface area contributed by atoms with Crippen LogP contribution < -0.4 is 5.32 Å². The zero-order valence-corrected chi connectivity index (χ0v) is 13.4. The summed E-state index contributed by atoms with van der Waals surface area (Å²) >= 11 is 0. The van der Waals surface area contributed by atoms with Crippen LogP contribution in [0.5, 0.6) is 0 Å². The first-order valence-electron chi connectivity index (χ1n) is 8.40. The second kappa shape index (κ2) is 5.69. The molecule has 23 heavy (non-hydrogen) atoms. The van der Waals surface area contributed by atoms with Gasteiger partial charge in [0.25, 0.3) is 5.91 Å². The van der Waals surface area contributed by atoms with Crippen LogP contribution in [-0.2, 0) is 6.42 Å². The van der Waals surface area contributed by atoms with Gasteiger partial charge in [-0.05, 0) is 67.0 Å². The minimum absolute atomic E-state index is 0.0384. The van der Waals surface area contributed by atoms with Crippen molar-refractivity contribution in [3.8, 4) is 0 Å². The van der Waals surface area contributed by atoms with Gasteiger partial charge in [0.05, 0.1) is 6.04 Å². The number of amides is 1. The average Bonchev–Trinajstić information content (AvgIpc) is 2.95. The maximum Gasteiger partial charge on any atom is 0.251 e. The summed E-state index contributed by atoms with van der Waals surface area (Å²) < 4.78 is 0. The van der Waals surface area contributed by atoms with Crippen molar-refractivity contribution in [3.63, 3.8) is 0 Å². The van der Waals surface area contributed by atoms with Gasteiger partial charge in [0.15, 0.2) is 0 Å². The first-order valence-corrected chi connectivity index (χ1v) is 8.40. The van der Waals surface area contributed by atoms with Crippen molar-refractivity contribution >= 4 is 11.5 Å². The molecule has 2 aliphatic carbocycles. The number of benzene rings is 2. The number of hydrogen-bond donors (Lipinski definition) is 1. The predicted molar refractivity (Wildman–Crippen MR) is 93.4 cm³/mol. The second-order valence-corrected chi connectivity index (χ2v) is 6.63. The van der Waals surface area contributed by atoms with Crippen LogP contribution in [0.1, 0.15) is 46.3 Å². The number of fused-ring (bicyclic) bond motifs is 2. The Morgan fingerprint density at radius 3 is 2.78 bits per heavy atom. The topological polar surface area (TPSA) is 29.1 Å². The van der Waals surface area contributed by atoms with E-state index in [-0.39, 0.29) is 11.9 Å². The SMILES string of the molecule is Cc1ccc2c(c1)C1=C(C2)C(NC(=O)c2ccccc2)CCC1. The highest BCUT2D eigenvalue weighted by Gasteiger charge is 2.31. The van der Waals surface area contributed by atoms with Gasteiger partial charge in [-0.3, -0.25) is 4.79 Å². The molecule has 0 aliphatic heterocycles. The molecule has 116 valence electrons. The van der Waals surface area contributed by atoms with Crippen molar-refractivity contribution in [2.75, 3.05) is 0 Å². The molecule has 2 nitrogen and oxygen atoms in total. The lowest BCUT2D eigenvalue weighted by Crippen LogP contribution is -2.37. The fourth-order valence-corrected chi connectivity index (χ4v) is 3.89. The van der Waals surface area contributed by atoms with E-state index in [1.807, 2.05) is 30.3 Å². The van der Waals surface area contributed by atoms with E-state index in [0.717, 1.165) is 31.2 Å². The number of carbonyl (C=O) groups is 1.